The summed E-state index contributed by atoms with van der Waals surface area (Å²) in [6.45, 7) is 5.96. The number of carbonyl (C=O) groups excluding carboxylic acids is 2. The normalized spacial score (nSPS) is 10.5. The average molecular weight is 386 g/mol. The second-order valence-corrected chi connectivity index (χ2v) is 7.39. The molecule has 4 heteroatoms. The maximum absolute atomic E-state index is 13.1. The van der Waals surface area contributed by atoms with Crippen molar-refractivity contribution in [3.63, 3.8) is 0 Å². The van der Waals surface area contributed by atoms with Crippen molar-refractivity contribution in [2.45, 2.75) is 20.8 Å². The van der Waals surface area contributed by atoms with E-state index in [-0.39, 0.29) is 18.4 Å². The van der Waals surface area contributed by atoms with Crippen LogP contribution in [0.2, 0.25) is 0 Å². The number of benzene rings is 3. The molecule has 2 amide bonds. The second-order valence-electron chi connectivity index (χ2n) is 7.39. The molecule has 0 aliphatic rings. The van der Waals surface area contributed by atoms with Gasteiger partial charge in [0.05, 0.1) is 6.54 Å². The molecular weight excluding hydrogens is 360 g/mol. The molecular formula is C25H26N2O2. The molecule has 4 nitrogen and oxygen atoms in total. The first-order chi connectivity index (χ1) is 13.9. The molecule has 0 radical (unpaired) electrons. The van der Waals surface area contributed by atoms with E-state index in [9.17, 15) is 9.59 Å². The van der Waals surface area contributed by atoms with Gasteiger partial charge in [0, 0.05) is 18.3 Å². The van der Waals surface area contributed by atoms with E-state index in [1.54, 1.807) is 13.1 Å². The van der Waals surface area contributed by atoms with Gasteiger partial charge in [-0.15, -0.1) is 0 Å². The van der Waals surface area contributed by atoms with Crippen molar-refractivity contribution in [1.82, 2.24) is 4.90 Å². The van der Waals surface area contributed by atoms with Crippen molar-refractivity contribution < 1.29 is 9.59 Å². The molecule has 0 aliphatic carbocycles. The van der Waals surface area contributed by atoms with E-state index in [2.05, 4.69) is 5.32 Å². The number of nitrogens with one attached hydrogen (secondary N) is 1. The molecule has 148 valence electrons. The standard InChI is InChI=1S/C25H26N2O2/c1-17-14-18(2)24(19(3)15-17)26-23(28)16-27(4)25(29)22-13-9-8-12-21(22)20-10-6-5-7-11-20/h5-15H,16H2,1-4H3,(H,26,28). The first-order valence-corrected chi connectivity index (χ1v) is 9.64. The van der Waals surface area contributed by atoms with E-state index in [1.807, 2.05) is 81.4 Å². The summed E-state index contributed by atoms with van der Waals surface area (Å²) >= 11 is 0. The second kappa shape index (κ2) is 8.74. The number of carbonyl (C=O) groups is 2. The zero-order valence-corrected chi connectivity index (χ0v) is 17.3. The number of likely N-dealkylation sites (N-methyl/N-ethyl adjacent to an activating group) is 1. The fraction of sp³-hybridized carbons (Fsp3) is 0.200. The summed E-state index contributed by atoms with van der Waals surface area (Å²) in [6.07, 6.45) is 0. The van der Waals surface area contributed by atoms with Gasteiger partial charge < -0.3 is 10.2 Å². The highest BCUT2D eigenvalue weighted by Gasteiger charge is 2.19. The highest BCUT2D eigenvalue weighted by atomic mass is 16.2. The Morgan fingerprint density at radius 2 is 1.45 bits per heavy atom. The third kappa shape index (κ3) is 4.72. The Labute approximate surface area is 172 Å². The van der Waals surface area contributed by atoms with Gasteiger partial charge >= 0.3 is 0 Å². The molecule has 0 aromatic heterocycles. The van der Waals surface area contributed by atoms with Gasteiger partial charge in [-0.25, -0.2) is 0 Å². The minimum absolute atomic E-state index is 0.0191. The molecule has 0 saturated carbocycles. The van der Waals surface area contributed by atoms with Gasteiger partial charge in [0.15, 0.2) is 0 Å². The van der Waals surface area contributed by atoms with Crippen LogP contribution in [-0.2, 0) is 4.79 Å². The maximum Gasteiger partial charge on any atom is 0.254 e. The highest BCUT2D eigenvalue weighted by Crippen LogP contribution is 2.25. The molecule has 0 bridgehead atoms. The fourth-order valence-corrected chi connectivity index (χ4v) is 3.59. The highest BCUT2D eigenvalue weighted by molar-refractivity contribution is 6.03. The van der Waals surface area contributed by atoms with Crippen molar-refractivity contribution >= 4 is 17.5 Å². The Kier molecular flexibility index (Phi) is 6.13. The number of aryl methyl sites for hydroxylation is 3. The molecule has 0 heterocycles. The van der Waals surface area contributed by atoms with Crippen LogP contribution < -0.4 is 5.32 Å². The minimum atomic E-state index is -0.215. The van der Waals surface area contributed by atoms with E-state index in [0.717, 1.165) is 33.5 Å². The van der Waals surface area contributed by atoms with E-state index >= 15 is 0 Å². The van der Waals surface area contributed by atoms with Gasteiger partial charge in [-0.2, -0.15) is 0 Å². The lowest BCUT2D eigenvalue weighted by molar-refractivity contribution is -0.116. The smallest absolute Gasteiger partial charge is 0.254 e. The van der Waals surface area contributed by atoms with Gasteiger partial charge in [0.2, 0.25) is 5.91 Å². The van der Waals surface area contributed by atoms with Crippen molar-refractivity contribution in [2.24, 2.45) is 0 Å². The third-order valence-electron chi connectivity index (χ3n) is 4.91. The van der Waals surface area contributed by atoms with Crippen LogP contribution in [0.5, 0.6) is 0 Å². The summed E-state index contributed by atoms with van der Waals surface area (Å²) in [4.78, 5) is 27.1. The number of anilines is 1. The lowest BCUT2D eigenvalue weighted by Crippen LogP contribution is -2.35. The molecule has 0 spiro atoms. The van der Waals surface area contributed by atoms with E-state index in [1.165, 1.54) is 4.90 Å². The molecule has 0 fully saturated rings. The Morgan fingerprint density at radius 3 is 2.10 bits per heavy atom. The van der Waals surface area contributed by atoms with Crippen LogP contribution in [-0.4, -0.2) is 30.3 Å². The van der Waals surface area contributed by atoms with Crippen LogP contribution in [0.3, 0.4) is 0 Å². The fourth-order valence-electron chi connectivity index (χ4n) is 3.59. The Balaban J connectivity index is 1.76. The monoisotopic (exact) mass is 386 g/mol. The van der Waals surface area contributed by atoms with E-state index in [4.69, 9.17) is 0 Å². The Morgan fingerprint density at radius 1 is 0.862 bits per heavy atom. The summed E-state index contributed by atoms with van der Waals surface area (Å²) in [6, 6.07) is 21.3. The lowest BCUT2D eigenvalue weighted by Gasteiger charge is -2.20. The van der Waals surface area contributed by atoms with Crippen molar-refractivity contribution in [3.05, 3.63) is 89.0 Å². The van der Waals surface area contributed by atoms with Gasteiger partial charge in [-0.1, -0.05) is 66.2 Å². The molecule has 0 aliphatic heterocycles. The van der Waals surface area contributed by atoms with Crippen molar-refractivity contribution in [1.29, 1.82) is 0 Å². The maximum atomic E-state index is 13.1. The predicted molar refractivity (Wildman–Crippen MR) is 118 cm³/mol. The summed E-state index contributed by atoms with van der Waals surface area (Å²) in [5.41, 5.74) is 6.40. The quantitative estimate of drug-likeness (QED) is 0.672. The third-order valence-corrected chi connectivity index (χ3v) is 4.91. The van der Waals surface area contributed by atoms with Crippen molar-refractivity contribution in [2.75, 3.05) is 18.9 Å². The molecule has 1 N–H and O–H groups in total. The number of amides is 2. The molecule has 0 saturated heterocycles. The summed E-state index contributed by atoms with van der Waals surface area (Å²) in [7, 11) is 1.65. The summed E-state index contributed by atoms with van der Waals surface area (Å²) < 4.78 is 0. The molecule has 29 heavy (non-hydrogen) atoms. The number of hydrogen-bond donors (Lipinski definition) is 1. The van der Waals surface area contributed by atoms with Gasteiger partial charge in [-0.3, -0.25) is 9.59 Å². The van der Waals surface area contributed by atoms with Crippen LogP contribution in [0.15, 0.2) is 66.7 Å². The van der Waals surface area contributed by atoms with Gasteiger partial charge in [0.1, 0.15) is 0 Å². The first-order valence-electron chi connectivity index (χ1n) is 9.64. The predicted octanol–water partition coefficient (Wildman–Crippen LogP) is 4.99. The molecule has 3 aromatic carbocycles. The van der Waals surface area contributed by atoms with Crippen LogP contribution in [0, 0.1) is 20.8 Å². The Hall–Kier alpha value is -3.40. The summed E-state index contributed by atoms with van der Waals surface area (Å²) in [5, 5.41) is 2.96. The van der Waals surface area contributed by atoms with Crippen LogP contribution >= 0.6 is 0 Å². The Bertz CT molecular complexity index is 1020. The van der Waals surface area contributed by atoms with E-state index in [0.29, 0.717) is 5.56 Å². The van der Waals surface area contributed by atoms with Crippen LogP contribution in [0.25, 0.3) is 11.1 Å². The first kappa shape index (κ1) is 20.3. The van der Waals surface area contributed by atoms with E-state index < -0.39 is 0 Å². The topological polar surface area (TPSA) is 49.4 Å². The number of nitrogens with zero attached hydrogens (tertiary/aromatic N) is 1. The zero-order valence-electron chi connectivity index (χ0n) is 17.3. The molecule has 3 aromatic rings. The number of rotatable bonds is 5. The molecule has 0 unspecified atom stereocenters. The lowest BCUT2D eigenvalue weighted by atomic mass is 9.99. The minimum Gasteiger partial charge on any atom is -0.332 e. The van der Waals surface area contributed by atoms with Gasteiger partial charge in [0.25, 0.3) is 5.91 Å². The largest absolute Gasteiger partial charge is 0.332 e. The van der Waals surface area contributed by atoms with Crippen LogP contribution in [0.4, 0.5) is 5.69 Å². The SMILES string of the molecule is Cc1cc(C)c(NC(=O)CN(C)C(=O)c2ccccc2-c2ccccc2)c(C)c1. The average Bonchev–Trinajstić information content (AvgIpc) is 2.70. The molecule has 3 rings (SSSR count). The van der Waals surface area contributed by atoms with Crippen molar-refractivity contribution in [3.8, 4) is 11.1 Å². The molecule has 0 atom stereocenters. The summed E-state index contributed by atoms with van der Waals surface area (Å²) in [5.74, 6) is -0.398. The van der Waals surface area contributed by atoms with Gasteiger partial charge in [-0.05, 0) is 49.1 Å². The number of hydrogen-bond acceptors (Lipinski definition) is 2. The van der Waals surface area contributed by atoms with Crippen LogP contribution in [0.1, 0.15) is 27.0 Å². The zero-order chi connectivity index (χ0) is 21.0.